The Morgan fingerprint density at radius 1 is 1.32 bits per heavy atom. The Kier molecular flexibility index (Phi) is 2.76. The smallest absolute Gasteiger partial charge is 0.245 e. The normalized spacial score (nSPS) is 10.8. The first-order valence-corrected chi connectivity index (χ1v) is 6.05. The van der Waals surface area contributed by atoms with E-state index in [1.54, 1.807) is 35.1 Å². The van der Waals surface area contributed by atoms with Gasteiger partial charge in [-0.3, -0.25) is 0 Å². The Morgan fingerprint density at radius 2 is 2.16 bits per heavy atom. The van der Waals surface area contributed by atoms with Crippen LogP contribution in [0.25, 0.3) is 5.52 Å². The number of anilines is 1. The van der Waals surface area contributed by atoms with Crippen LogP contribution in [0.3, 0.4) is 0 Å². The Bertz CT molecular complexity index is 753. The van der Waals surface area contributed by atoms with E-state index in [1.165, 1.54) is 0 Å². The monoisotopic (exact) mass is 274 g/mol. The molecule has 0 unspecified atom stereocenters. The zero-order chi connectivity index (χ0) is 13.4. The second-order valence-electron chi connectivity index (χ2n) is 4.13. The van der Waals surface area contributed by atoms with E-state index in [0.717, 1.165) is 11.2 Å². The lowest BCUT2D eigenvalue weighted by atomic mass is 10.3. The summed E-state index contributed by atoms with van der Waals surface area (Å²) < 4.78 is 7.45. The first kappa shape index (κ1) is 11.8. The first-order chi connectivity index (χ1) is 9.13. The van der Waals surface area contributed by atoms with E-state index in [-0.39, 0.29) is 0 Å². The molecular weight excluding hydrogens is 264 g/mol. The molecular formula is C13H11ClN4O. The molecule has 2 N–H and O–H groups in total. The van der Waals surface area contributed by atoms with Gasteiger partial charge in [0.25, 0.3) is 0 Å². The van der Waals surface area contributed by atoms with Crippen molar-refractivity contribution >= 4 is 22.8 Å². The molecule has 2 heterocycles. The third kappa shape index (κ3) is 2.20. The van der Waals surface area contributed by atoms with E-state index in [0.29, 0.717) is 22.3 Å². The van der Waals surface area contributed by atoms with Crippen LogP contribution in [-0.4, -0.2) is 14.6 Å². The second-order valence-corrected chi connectivity index (χ2v) is 4.57. The van der Waals surface area contributed by atoms with Crippen LogP contribution in [0, 0.1) is 6.92 Å². The molecule has 3 aromatic rings. The van der Waals surface area contributed by atoms with Gasteiger partial charge < -0.3 is 10.5 Å². The molecule has 5 nitrogen and oxygen atoms in total. The molecule has 0 bridgehead atoms. The maximum Gasteiger partial charge on any atom is 0.245 e. The molecule has 0 atom stereocenters. The maximum absolute atomic E-state index is 5.86. The van der Waals surface area contributed by atoms with E-state index in [2.05, 4.69) is 10.1 Å². The number of halogens is 1. The van der Waals surface area contributed by atoms with Crippen LogP contribution in [0.2, 0.25) is 5.02 Å². The van der Waals surface area contributed by atoms with Gasteiger partial charge in [-0.25, -0.2) is 9.50 Å². The second kappa shape index (κ2) is 4.44. The third-order valence-electron chi connectivity index (χ3n) is 2.66. The van der Waals surface area contributed by atoms with E-state index in [9.17, 15) is 0 Å². The Balaban J connectivity index is 2.05. The number of fused-ring (bicyclic) bond motifs is 1. The molecule has 0 aliphatic carbocycles. The zero-order valence-electron chi connectivity index (χ0n) is 10.2. The van der Waals surface area contributed by atoms with Gasteiger partial charge in [0, 0.05) is 17.4 Å². The number of hydrogen-bond acceptors (Lipinski definition) is 4. The summed E-state index contributed by atoms with van der Waals surface area (Å²) in [6.07, 6.45) is 3.39. The van der Waals surface area contributed by atoms with E-state index >= 15 is 0 Å². The van der Waals surface area contributed by atoms with Crippen molar-refractivity contribution in [2.24, 2.45) is 0 Å². The molecule has 0 fully saturated rings. The summed E-state index contributed by atoms with van der Waals surface area (Å²) in [7, 11) is 0. The highest BCUT2D eigenvalue weighted by molar-refractivity contribution is 6.30. The molecule has 1 aromatic carbocycles. The van der Waals surface area contributed by atoms with Gasteiger partial charge in [0.15, 0.2) is 5.75 Å². The summed E-state index contributed by atoms with van der Waals surface area (Å²) in [6.45, 7) is 1.91. The number of ether oxygens (including phenoxy) is 1. The molecule has 0 saturated carbocycles. The highest BCUT2D eigenvalue weighted by atomic mass is 35.5. The fraction of sp³-hybridized carbons (Fsp3) is 0.0769. The van der Waals surface area contributed by atoms with Crippen LogP contribution in [0.15, 0.2) is 36.7 Å². The van der Waals surface area contributed by atoms with Gasteiger partial charge in [-0.15, -0.1) is 0 Å². The first-order valence-electron chi connectivity index (χ1n) is 5.67. The molecule has 0 saturated heterocycles. The molecule has 96 valence electrons. The average Bonchev–Trinajstić information content (AvgIpc) is 2.74. The van der Waals surface area contributed by atoms with Gasteiger partial charge in [-0.1, -0.05) is 11.6 Å². The van der Waals surface area contributed by atoms with Gasteiger partial charge in [0.1, 0.15) is 5.52 Å². The van der Waals surface area contributed by atoms with Crippen LogP contribution in [0.4, 0.5) is 5.69 Å². The number of rotatable bonds is 2. The van der Waals surface area contributed by atoms with E-state index < -0.39 is 0 Å². The van der Waals surface area contributed by atoms with Gasteiger partial charge in [0.2, 0.25) is 5.88 Å². The fourth-order valence-corrected chi connectivity index (χ4v) is 2.00. The number of benzene rings is 1. The highest BCUT2D eigenvalue weighted by Crippen LogP contribution is 2.30. The molecule has 0 aliphatic heterocycles. The number of hydrogen-bond donors (Lipinski definition) is 1. The summed E-state index contributed by atoms with van der Waals surface area (Å²) in [5, 5.41) is 4.86. The minimum atomic E-state index is 0.456. The van der Waals surface area contributed by atoms with E-state index in [4.69, 9.17) is 22.1 Å². The number of aromatic nitrogens is 3. The van der Waals surface area contributed by atoms with Crippen molar-refractivity contribution in [3.05, 3.63) is 47.4 Å². The number of nitrogens with two attached hydrogens (primary N) is 1. The zero-order valence-corrected chi connectivity index (χ0v) is 10.9. The standard InChI is InChI=1S/C13H11ClN4O/c1-8-6-11-13(16-4-5-18(11)17-8)19-12-3-2-9(14)7-10(12)15/h2-7H,15H2,1H3. The lowest BCUT2D eigenvalue weighted by Gasteiger charge is -2.08. The molecule has 0 aliphatic rings. The van der Waals surface area contributed by atoms with Crippen LogP contribution < -0.4 is 10.5 Å². The predicted molar refractivity (Wildman–Crippen MR) is 73.7 cm³/mol. The molecule has 19 heavy (non-hydrogen) atoms. The average molecular weight is 275 g/mol. The summed E-state index contributed by atoms with van der Waals surface area (Å²) in [4.78, 5) is 4.21. The minimum absolute atomic E-state index is 0.456. The topological polar surface area (TPSA) is 65.4 Å². The quantitative estimate of drug-likeness (QED) is 0.730. The third-order valence-corrected chi connectivity index (χ3v) is 2.89. The van der Waals surface area contributed by atoms with Gasteiger partial charge in [-0.2, -0.15) is 5.10 Å². The SMILES string of the molecule is Cc1cc2c(Oc3ccc(Cl)cc3N)nccn2n1. The van der Waals surface area contributed by atoms with Crippen molar-refractivity contribution < 1.29 is 4.74 Å². The van der Waals surface area contributed by atoms with Crippen molar-refractivity contribution in [2.45, 2.75) is 6.92 Å². The Labute approximate surface area is 114 Å². The number of nitrogen functional groups attached to an aromatic ring is 1. The van der Waals surface area contributed by atoms with Gasteiger partial charge >= 0.3 is 0 Å². The highest BCUT2D eigenvalue weighted by Gasteiger charge is 2.09. The number of aryl methyl sites for hydroxylation is 1. The fourth-order valence-electron chi connectivity index (χ4n) is 1.82. The van der Waals surface area contributed by atoms with Crippen LogP contribution >= 0.6 is 11.6 Å². The van der Waals surface area contributed by atoms with Crippen molar-refractivity contribution in [2.75, 3.05) is 5.73 Å². The Hall–Kier alpha value is -2.27. The van der Waals surface area contributed by atoms with Crippen LogP contribution in [0.5, 0.6) is 11.6 Å². The van der Waals surface area contributed by atoms with Crippen molar-refractivity contribution in [3.63, 3.8) is 0 Å². The summed E-state index contributed by atoms with van der Waals surface area (Å²) in [5.74, 6) is 0.973. The molecule has 2 aromatic heterocycles. The molecule has 3 rings (SSSR count). The largest absolute Gasteiger partial charge is 0.435 e. The lowest BCUT2D eigenvalue weighted by Crippen LogP contribution is -1.96. The molecule has 0 radical (unpaired) electrons. The molecule has 0 spiro atoms. The van der Waals surface area contributed by atoms with E-state index in [1.807, 2.05) is 13.0 Å². The van der Waals surface area contributed by atoms with Crippen molar-refractivity contribution in [1.82, 2.24) is 14.6 Å². The van der Waals surface area contributed by atoms with Crippen molar-refractivity contribution in [1.29, 1.82) is 0 Å². The summed E-state index contributed by atoms with van der Waals surface area (Å²) >= 11 is 5.85. The summed E-state index contributed by atoms with van der Waals surface area (Å²) in [6, 6.07) is 6.97. The number of nitrogens with zero attached hydrogens (tertiary/aromatic N) is 3. The van der Waals surface area contributed by atoms with Crippen molar-refractivity contribution in [3.8, 4) is 11.6 Å². The molecule has 6 heteroatoms. The summed E-state index contributed by atoms with van der Waals surface area (Å²) in [5.41, 5.74) is 8.00. The van der Waals surface area contributed by atoms with Gasteiger partial charge in [-0.05, 0) is 31.2 Å². The predicted octanol–water partition coefficient (Wildman–Crippen LogP) is 3.07. The lowest BCUT2D eigenvalue weighted by molar-refractivity contribution is 0.468. The van der Waals surface area contributed by atoms with Crippen LogP contribution in [-0.2, 0) is 0 Å². The molecule has 0 amide bonds. The van der Waals surface area contributed by atoms with Crippen LogP contribution in [0.1, 0.15) is 5.69 Å². The minimum Gasteiger partial charge on any atom is -0.435 e. The Morgan fingerprint density at radius 3 is 2.95 bits per heavy atom. The maximum atomic E-state index is 5.86. The van der Waals surface area contributed by atoms with Gasteiger partial charge in [0.05, 0.1) is 11.4 Å².